The van der Waals surface area contributed by atoms with Crippen molar-refractivity contribution in [2.24, 2.45) is 0 Å². The topological polar surface area (TPSA) is 54.4 Å². The Balaban J connectivity index is -0.00000112. The van der Waals surface area contributed by atoms with Gasteiger partial charge in [0.2, 0.25) is 0 Å². The first kappa shape index (κ1) is 25.2. The molecule has 1 N–H and O–H groups in total. The van der Waals surface area contributed by atoms with Crippen LogP contribution < -0.4 is 0 Å². The van der Waals surface area contributed by atoms with E-state index in [0.29, 0.717) is 6.42 Å². The molecular weight excluding hydrogens is 410 g/mol. The molecule has 110 valence electrons. The molecule has 6 heteroatoms. The van der Waals surface area contributed by atoms with Crippen LogP contribution in [0, 0.1) is 38.2 Å². The zero-order valence-electron chi connectivity index (χ0n) is 10.8. The zero-order chi connectivity index (χ0) is 12.3. The summed E-state index contributed by atoms with van der Waals surface area (Å²) in [6.45, 7) is 2.22. The first-order valence-corrected chi connectivity index (χ1v) is 8.12. The van der Waals surface area contributed by atoms with Crippen molar-refractivity contribution in [3.8, 4) is 0 Å². The van der Waals surface area contributed by atoms with E-state index in [1.807, 2.05) is 0 Å². The summed E-state index contributed by atoms with van der Waals surface area (Å²) in [4.78, 5) is 0. The van der Waals surface area contributed by atoms with Crippen LogP contribution in [0.25, 0.3) is 0 Å². The van der Waals surface area contributed by atoms with E-state index in [4.69, 9.17) is 4.55 Å². The Morgan fingerprint density at radius 1 is 0.778 bits per heavy atom. The van der Waals surface area contributed by atoms with Crippen molar-refractivity contribution < 1.29 is 51.1 Å². The summed E-state index contributed by atoms with van der Waals surface area (Å²) in [7, 11) is -3.73. The van der Waals surface area contributed by atoms with Gasteiger partial charge in [-0.05, 0) is 6.42 Å². The van der Waals surface area contributed by atoms with Gasteiger partial charge < -0.3 is 0 Å². The summed E-state index contributed by atoms with van der Waals surface area (Å²) >= 11 is 0. The first-order valence-electron chi connectivity index (χ1n) is 6.51. The van der Waals surface area contributed by atoms with Crippen LogP contribution in [0.5, 0.6) is 0 Å². The molecule has 0 radical (unpaired) electrons. The molecule has 0 aliphatic heterocycles. The minimum absolute atomic E-state index is 0. The van der Waals surface area contributed by atoms with Gasteiger partial charge in [-0.1, -0.05) is 64.7 Å². The van der Waals surface area contributed by atoms with Gasteiger partial charge in [-0.25, -0.2) is 0 Å². The average Bonchev–Trinajstić information content (AvgIpc) is 2.19. The molecule has 0 aromatic rings. The van der Waals surface area contributed by atoms with Gasteiger partial charge in [0.1, 0.15) is 0 Å². The zero-order valence-corrected chi connectivity index (χ0v) is 13.6. The summed E-state index contributed by atoms with van der Waals surface area (Å²) in [5.74, 6) is -0.0799. The molecule has 0 atom stereocenters. The molecule has 0 aliphatic rings. The van der Waals surface area contributed by atoms with Gasteiger partial charge in [0.15, 0.2) is 0 Å². The standard InChI is InChI=1S/C12H26O3S.Dy.Na.H/c1-2-3-4-5-6-7-8-9-10-11-12-16(13,14)15;;;/h2-12H2,1H3,(H,13,14,15);;;. The second kappa shape index (κ2) is 17.2. The van der Waals surface area contributed by atoms with Crippen LogP contribution >= 0.6 is 0 Å². The Morgan fingerprint density at radius 2 is 1.11 bits per heavy atom. The SMILES string of the molecule is CCCCCCCCCCCCS(=O)(=O)O.[Dy].[NaH]. The van der Waals surface area contributed by atoms with Gasteiger partial charge in [-0.2, -0.15) is 8.42 Å². The normalized spacial score (nSPS) is 10.6. The number of unbranched alkanes of at least 4 members (excludes halogenated alkanes) is 9. The van der Waals surface area contributed by atoms with E-state index in [1.165, 1.54) is 44.9 Å². The van der Waals surface area contributed by atoms with Crippen molar-refractivity contribution in [2.75, 3.05) is 5.75 Å². The fourth-order valence-electron chi connectivity index (χ4n) is 1.77. The molecule has 0 bridgehead atoms. The van der Waals surface area contributed by atoms with Crippen LogP contribution in [0.1, 0.15) is 71.1 Å². The molecule has 0 heterocycles. The molecule has 0 fully saturated rings. The Labute approximate surface area is 165 Å². The van der Waals surface area contributed by atoms with Crippen molar-refractivity contribution in [1.29, 1.82) is 0 Å². The van der Waals surface area contributed by atoms with Crippen LogP contribution in [0.4, 0.5) is 0 Å². The van der Waals surface area contributed by atoms with Gasteiger partial charge in [-0.3, -0.25) is 4.55 Å². The quantitative estimate of drug-likeness (QED) is 0.307. The summed E-state index contributed by atoms with van der Waals surface area (Å²) in [5.41, 5.74) is 0. The van der Waals surface area contributed by atoms with Crippen LogP contribution in [0.3, 0.4) is 0 Å². The minimum atomic E-state index is -3.73. The maximum absolute atomic E-state index is 10.4. The van der Waals surface area contributed by atoms with Crippen molar-refractivity contribution >= 4 is 39.7 Å². The maximum atomic E-state index is 10.4. The Morgan fingerprint density at radius 3 is 1.44 bits per heavy atom. The Kier molecular flexibility index (Phi) is 24.1. The van der Waals surface area contributed by atoms with E-state index in [0.717, 1.165) is 12.8 Å². The van der Waals surface area contributed by atoms with E-state index in [-0.39, 0.29) is 73.5 Å². The molecule has 0 aliphatic carbocycles. The molecule has 0 spiro atoms. The summed E-state index contributed by atoms with van der Waals surface area (Å²) in [5, 5.41) is 0. The third-order valence-corrected chi connectivity index (χ3v) is 3.56. The Bertz CT molecular complexity index is 246. The third-order valence-electron chi connectivity index (χ3n) is 2.76. The fourth-order valence-corrected chi connectivity index (χ4v) is 2.34. The van der Waals surface area contributed by atoms with Gasteiger partial charge in [0.05, 0.1) is 5.75 Å². The monoisotopic (exact) mass is 438 g/mol. The third kappa shape index (κ3) is 23.3. The van der Waals surface area contributed by atoms with E-state index >= 15 is 0 Å². The van der Waals surface area contributed by atoms with Crippen molar-refractivity contribution in [3.05, 3.63) is 0 Å². The number of rotatable bonds is 11. The Hall–Kier alpha value is 2.18. The van der Waals surface area contributed by atoms with Crippen LogP contribution in [0.2, 0.25) is 0 Å². The predicted molar refractivity (Wildman–Crippen MR) is 75.4 cm³/mol. The predicted octanol–water partition coefficient (Wildman–Crippen LogP) is 3.15. The van der Waals surface area contributed by atoms with Crippen LogP contribution in [0.15, 0.2) is 0 Å². The van der Waals surface area contributed by atoms with E-state index < -0.39 is 10.1 Å². The molecule has 0 rings (SSSR count). The molecule has 0 amide bonds. The molecule has 18 heavy (non-hydrogen) atoms. The van der Waals surface area contributed by atoms with Gasteiger partial charge in [-0.15, -0.1) is 0 Å². The van der Waals surface area contributed by atoms with E-state index in [1.54, 1.807) is 0 Å². The summed E-state index contributed by atoms with van der Waals surface area (Å²) in [6, 6.07) is 0. The molecule has 0 aromatic carbocycles. The van der Waals surface area contributed by atoms with Gasteiger partial charge in [0.25, 0.3) is 10.1 Å². The van der Waals surface area contributed by atoms with E-state index in [9.17, 15) is 8.42 Å². The van der Waals surface area contributed by atoms with E-state index in [2.05, 4.69) is 6.92 Å². The molecule has 0 saturated carbocycles. The van der Waals surface area contributed by atoms with Crippen molar-refractivity contribution in [1.82, 2.24) is 0 Å². The average molecular weight is 437 g/mol. The second-order valence-corrected chi connectivity index (χ2v) is 6.04. The summed E-state index contributed by atoms with van der Waals surface area (Å²) in [6.07, 6.45) is 11.7. The molecule has 0 aromatic heterocycles. The van der Waals surface area contributed by atoms with Crippen molar-refractivity contribution in [3.63, 3.8) is 0 Å². The summed E-state index contributed by atoms with van der Waals surface area (Å²) < 4.78 is 29.4. The second-order valence-electron chi connectivity index (χ2n) is 4.47. The fraction of sp³-hybridized carbons (Fsp3) is 1.00. The van der Waals surface area contributed by atoms with Gasteiger partial charge >= 0.3 is 29.6 Å². The number of hydrogen-bond donors (Lipinski definition) is 1. The molecular formula is C12H27DyNaO3S. The van der Waals surface area contributed by atoms with Gasteiger partial charge in [0, 0.05) is 38.2 Å². The molecule has 0 saturated heterocycles. The first-order chi connectivity index (χ1) is 7.56. The molecule has 3 nitrogen and oxygen atoms in total. The van der Waals surface area contributed by atoms with Crippen molar-refractivity contribution in [2.45, 2.75) is 71.1 Å². The number of hydrogen-bond acceptors (Lipinski definition) is 2. The van der Waals surface area contributed by atoms with Crippen LogP contribution in [-0.4, -0.2) is 48.3 Å². The molecule has 0 unspecified atom stereocenters. The van der Waals surface area contributed by atoms with Crippen LogP contribution in [-0.2, 0) is 10.1 Å².